The van der Waals surface area contributed by atoms with Crippen molar-refractivity contribution in [1.82, 2.24) is 0 Å². The van der Waals surface area contributed by atoms with Gasteiger partial charge >= 0.3 is 0 Å². The highest BCUT2D eigenvalue weighted by atomic mass is 127. The Morgan fingerprint density at radius 1 is 1.22 bits per heavy atom. The number of anilines is 1. The normalized spacial score (nSPS) is 12.4. The summed E-state index contributed by atoms with van der Waals surface area (Å²) in [5, 5.41) is 0. The van der Waals surface area contributed by atoms with E-state index in [1.54, 1.807) is 22.6 Å². The Labute approximate surface area is 119 Å². The highest BCUT2D eigenvalue weighted by Gasteiger charge is 2.15. The van der Waals surface area contributed by atoms with E-state index in [1.807, 2.05) is 0 Å². The predicted octanol–water partition coefficient (Wildman–Crippen LogP) is 1.22. The summed E-state index contributed by atoms with van der Waals surface area (Å²) in [5.74, 6) is -1.46. The molecule has 0 amide bonds. The molecule has 0 saturated heterocycles. The van der Waals surface area contributed by atoms with Gasteiger partial charge in [-0.2, -0.15) is 0 Å². The van der Waals surface area contributed by atoms with Crippen molar-refractivity contribution in [3.8, 4) is 0 Å². The van der Waals surface area contributed by atoms with Crippen LogP contribution in [-0.4, -0.2) is 34.6 Å². The minimum Gasteiger partial charge on any atom is -0.282 e. The van der Waals surface area contributed by atoms with Gasteiger partial charge < -0.3 is 0 Å². The number of rotatable bonds is 5. The number of nitrogens with one attached hydrogen (secondary N) is 1. The molecule has 102 valence electrons. The van der Waals surface area contributed by atoms with Crippen LogP contribution in [0.4, 0.5) is 10.1 Å². The Bertz CT molecular complexity index is 643. The van der Waals surface area contributed by atoms with Gasteiger partial charge in [0.1, 0.15) is 15.7 Å². The van der Waals surface area contributed by atoms with Crippen LogP contribution in [0.25, 0.3) is 0 Å². The summed E-state index contributed by atoms with van der Waals surface area (Å²) >= 11 is 1.79. The molecule has 1 N–H and O–H groups in total. The van der Waals surface area contributed by atoms with E-state index in [1.165, 1.54) is 12.1 Å². The topological polar surface area (TPSA) is 80.3 Å². The van der Waals surface area contributed by atoms with E-state index in [0.29, 0.717) is 3.57 Å². The molecule has 0 unspecified atom stereocenters. The first-order valence-electron chi connectivity index (χ1n) is 4.72. The molecule has 5 nitrogen and oxygen atoms in total. The molecule has 0 aliphatic rings. The second-order valence-corrected chi connectivity index (χ2v) is 8.94. The molecule has 0 aliphatic carbocycles. The Balaban J connectivity index is 2.83. The molecule has 1 rings (SSSR count). The summed E-state index contributed by atoms with van der Waals surface area (Å²) in [4.78, 5) is 0. The first-order valence-corrected chi connectivity index (χ1v) is 9.51. The number of hydrogen-bond acceptors (Lipinski definition) is 4. The van der Waals surface area contributed by atoms with Crippen LogP contribution in [0.3, 0.4) is 0 Å². The van der Waals surface area contributed by atoms with Gasteiger partial charge in [0.25, 0.3) is 0 Å². The number of benzene rings is 1. The van der Waals surface area contributed by atoms with Gasteiger partial charge in [-0.05, 0) is 40.8 Å². The largest absolute Gasteiger partial charge is 0.282 e. The number of sulfonamides is 1. The number of sulfone groups is 1. The van der Waals surface area contributed by atoms with E-state index in [9.17, 15) is 21.2 Å². The zero-order valence-electron chi connectivity index (χ0n) is 9.35. The van der Waals surface area contributed by atoms with Crippen LogP contribution < -0.4 is 4.72 Å². The fourth-order valence-corrected chi connectivity index (χ4v) is 4.55. The first kappa shape index (κ1) is 15.6. The van der Waals surface area contributed by atoms with Crippen molar-refractivity contribution in [3.05, 3.63) is 27.6 Å². The van der Waals surface area contributed by atoms with E-state index in [2.05, 4.69) is 4.72 Å². The molecule has 1 aromatic carbocycles. The molecule has 9 heteroatoms. The van der Waals surface area contributed by atoms with E-state index >= 15 is 0 Å². The Kier molecular flexibility index (Phi) is 4.95. The second-order valence-electron chi connectivity index (χ2n) is 3.67. The lowest BCUT2D eigenvalue weighted by Crippen LogP contribution is -2.22. The lowest BCUT2D eigenvalue weighted by atomic mass is 10.3. The molecule has 0 aliphatic heterocycles. The SMILES string of the molecule is CS(=O)(=O)CCS(=O)(=O)Nc1ccc(F)cc1I. The third-order valence-electron chi connectivity index (χ3n) is 1.92. The number of halogens is 2. The highest BCUT2D eigenvalue weighted by molar-refractivity contribution is 14.1. The van der Waals surface area contributed by atoms with Crippen LogP contribution in [-0.2, 0) is 19.9 Å². The fraction of sp³-hybridized carbons (Fsp3) is 0.333. The van der Waals surface area contributed by atoms with E-state index < -0.39 is 37.2 Å². The van der Waals surface area contributed by atoms with Crippen LogP contribution in [0.1, 0.15) is 0 Å². The van der Waals surface area contributed by atoms with Crippen molar-refractivity contribution in [1.29, 1.82) is 0 Å². The molecule has 0 atom stereocenters. The first-order chi connectivity index (χ1) is 8.09. The van der Waals surface area contributed by atoms with Crippen LogP contribution in [0.2, 0.25) is 0 Å². The van der Waals surface area contributed by atoms with E-state index in [4.69, 9.17) is 0 Å². The van der Waals surface area contributed by atoms with Gasteiger partial charge in [-0.15, -0.1) is 0 Å². The molecule has 0 saturated carbocycles. The third-order valence-corrected chi connectivity index (χ3v) is 5.29. The van der Waals surface area contributed by atoms with Crippen molar-refractivity contribution < 1.29 is 21.2 Å². The van der Waals surface area contributed by atoms with Gasteiger partial charge in [-0.3, -0.25) is 4.72 Å². The average molecular weight is 407 g/mol. The molecule has 18 heavy (non-hydrogen) atoms. The summed E-state index contributed by atoms with van der Waals surface area (Å²) in [6.07, 6.45) is 0.962. The molecule has 0 fully saturated rings. The quantitative estimate of drug-likeness (QED) is 0.745. The van der Waals surface area contributed by atoms with Gasteiger partial charge in [0.15, 0.2) is 0 Å². The van der Waals surface area contributed by atoms with Crippen molar-refractivity contribution in [3.63, 3.8) is 0 Å². The minimum absolute atomic E-state index is 0.227. The summed E-state index contributed by atoms with van der Waals surface area (Å²) in [7, 11) is -7.11. The van der Waals surface area contributed by atoms with Crippen LogP contribution >= 0.6 is 22.6 Å². The van der Waals surface area contributed by atoms with Crippen molar-refractivity contribution in [2.45, 2.75) is 0 Å². The molecule has 0 aromatic heterocycles. The van der Waals surface area contributed by atoms with Gasteiger partial charge in [0.05, 0.1) is 17.2 Å². The fourth-order valence-electron chi connectivity index (χ4n) is 1.05. The lowest BCUT2D eigenvalue weighted by molar-refractivity contribution is 0.593. The third kappa shape index (κ3) is 5.48. The van der Waals surface area contributed by atoms with Gasteiger partial charge in [-0.1, -0.05) is 0 Å². The van der Waals surface area contributed by atoms with Gasteiger partial charge in [0, 0.05) is 9.83 Å². The minimum atomic E-state index is -3.76. The smallest absolute Gasteiger partial charge is 0.233 e. The predicted molar refractivity (Wildman–Crippen MR) is 76.2 cm³/mol. The average Bonchev–Trinajstić information content (AvgIpc) is 2.19. The molecule has 1 aromatic rings. The molecular weight excluding hydrogens is 396 g/mol. The molecule has 0 radical (unpaired) electrons. The summed E-state index contributed by atoms with van der Waals surface area (Å²) < 4.78 is 60.5. The van der Waals surface area contributed by atoms with Gasteiger partial charge in [-0.25, -0.2) is 21.2 Å². The molecule has 0 bridgehead atoms. The zero-order chi connectivity index (χ0) is 14.0. The molecule has 0 heterocycles. The zero-order valence-corrected chi connectivity index (χ0v) is 13.1. The van der Waals surface area contributed by atoms with Gasteiger partial charge in [0.2, 0.25) is 10.0 Å². The van der Waals surface area contributed by atoms with Crippen LogP contribution in [0, 0.1) is 9.39 Å². The van der Waals surface area contributed by atoms with Crippen molar-refractivity contribution in [2.75, 3.05) is 22.5 Å². The highest BCUT2D eigenvalue weighted by Crippen LogP contribution is 2.20. The van der Waals surface area contributed by atoms with Crippen molar-refractivity contribution >= 4 is 48.1 Å². The Hall–Kier alpha value is -0.420. The maximum absolute atomic E-state index is 12.8. The standard InChI is InChI=1S/C9H11FINO4S2/c1-17(13,14)4-5-18(15,16)12-9-3-2-7(10)6-8(9)11/h2-3,6,12H,4-5H2,1H3. The second kappa shape index (κ2) is 5.70. The number of hydrogen-bond donors (Lipinski definition) is 1. The molecular formula is C9H11FINO4S2. The summed E-state index contributed by atoms with van der Waals surface area (Å²) in [6.45, 7) is 0. The Morgan fingerprint density at radius 3 is 2.33 bits per heavy atom. The monoisotopic (exact) mass is 407 g/mol. The Morgan fingerprint density at radius 2 is 1.83 bits per heavy atom. The summed E-state index contributed by atoms with van der Waals surface area (Å²) in [6, 6.07) is 3.58. The summed E-state index contributed by atoms with van der Waals surface area (Å²) in [5.41, 5.74) is 0.227. The van der Waals surface area contributed by atoms with Crippen LogP contribution in [0.5, 0.6) is 0 Å². The molecule has 0 spiro atoms. The van der Waals surface area contributed by atoms with E-state index in [0.717, 1.165) is 12.3 Å². The maximum atomic E-state index is 12.8. The maximum Gasteiger partial charge on any atom is 0.233 e. The van der Waals surface area contributed by atoms with Crippen molar-refractivity contribution in [2.24, 2.45) is 0 Å². The lowest BCUT2D eigenvalue weighted by Gasteiger charge is -2.09. The van der Waals surface area contributed by atoms with E-state index in [-0.39, 0.29) is 5.69 Å². The van der Waals surface area contributed by atoms with Crippen LogP contribution in [0.15, 0.2) is 18.2 Å².